The second-order valence-electron chi connectivity index (χ2n) is 6.47. The minimum atomic E-state index is 0.424. The minimum Gasteiger partial charge on any atom is -0.332 e. The minimum absolute atomic E-state index is 0.424. The Hall–Kier alpha value is -3.73. The van der Waals surface area contributed by atoms with Gasteiger partial charge in [-0.05, 0) is 35.4 Å². The van der Waals surface area contributed by atoms with Gasteiger partial charge in [0, 0.05) is 11.1 Å². The Labute approximate surface area is 155 Å². The van der Waals surface area contributed by atoms with Crippen molar-refractivity contribution >= 4 is 10.8 Å². The quantitative estimate of drug-likeness (QED) is 0.481. The molecule has 0 fully saturated rings. The molecule has 0 amide bonds. The van der Waals surface area contributed by atoms with E-state index < -0.39 is 0 Å². The van der Waals surface area contributed by atoms with Crippen LogP contribution in [0.5, 0.6) is 0 Å². The van der Waals surface area contributed by atoms with E-state index in [2.05, 4.69) is 50.7 Å². The molecule has 5 heteroatoms. The first kappa shape index (κ1) is 15.5. The third kappa shape index (κ3) is 2.79. The number of rotatable bonds is 3. The number of hydrogen-bond acceptors (Lipinski definition) is 4. The molecular weight excluding hydrogens is 336 g/mol. The lowest BCUT2D eigenvalue weighted by molar-refractivity contribution is 0.431. The number of benzene rings is 3. The highest BCUT2D eigenvalue weighted by atomic mass is 16.5. The van der Waals surface area contributed by atoms with Crippen molar-refractivity contribution in [3.63, 3.8) is 0 Å². The van der Waals surface area contributed by atoms with Crippen molar-refractivity contribution in [1.82, 2.24) is 20.3 Å². The van der Waals surface area contributed by atoms with Gasteiger partial charge in [0.2, 0.25) is 5.82 Å². The first-order valence-corrected chi connectivity index (χ1v) is 8.72. The molecular formula is C22H16N4O. The molecule has 0 bridgehead atoms. The standard InChI is InChI=1S/C22H16N4O/c1-14-6-2-5-9-18(14)21-23-22(27-26-21)20-13-19(24-25-20)17-11-10-15-7-3-4-8-16(15)12-17/h2-13H,1H3,(H,24,25). The fourth-order valence-corrected chi connectivity index (χ4v) is 3.19. The van der Waals surface area contributed by atoms with Crippen LogP contribution >= 0.6 is 0 Å². The fraction of sp³-hybridized carbons (Fsp3) is 0.0455. The Balaban J connectivity index is 1.49. The molecule has 0 spiro atoms. The zero-order valence-electron chi connectivity index (χ0n) is 14.7. The van der Waals surface area contributed by atoms with Crippen molar-refractivity contribution in [2.75, 3.05) is 0 Å². The maximum absolute atomic E-state index is 5.45. The van der Waals surface area contributed by atoms with E-state index in [0.29, 0.717) is 17.4 Å². The van der Waals surface area contributed by atoms with Crippen LogP contribution in [-0.2, 0) is 0 Å². The predicted molar refractivity (Wildman–Crippen MR) is 105 cm³/mol. The van der Waals surface area contributed by atoms with Crippen molar-refractivity contribution in [1.29, 1.82) is 0 Å². The van der Waals surface area contributed by atoms with Crippen molar-refractivity contribution in [3.05, 3.63) is 78.4 Å². The van der Waals surface area contributed by atoms with Crippen LogP contribution in [0.2, 0.25) is 0 Å². The van der Waals surface area contributed by atoms with Crippen LogP contribution in [0.4, 0.5) is 0 Å². The Kier molecular flexibility index (Phi) is 3.57. The zero-order valence-corrected chi connectivity index (χ0v) is 14.7. The first-order valence-electron chi connectivity index (χ1n) is 8.72. The summed E-state index contributed by atoms with van der Waals surface area (Å²) in [7, 11) is 0. The molecule has 5 nitrogen and oxygen atoms in total. The van der Waals surface area contributed by atoms with E-state index in [-0.39, 0.29) is 0 Å². The third-order valence-corrected chi connectivity index (χ3v) is 4.67. The predicted octanol–water partition coefficient (Wildman–Crippen LogP) is 5.26. The maximum atomic E-state index is 5.45. The average Bonchev–Trinajstić information content (AvgIpc) is 3.38. The summed E-state index contributed by atoms with van der Waals surface area (Å²) in [5.74, 6) is 0.998. The number of aromatic amines is 1. The first-order chi connectivity index (χ1) is 13.3. The number of H-pyrrole nitrogens is 1. The Bertz CT molecular complexity index is 1250. The van der Waals surface area contributed by atoms with Crippen LogP contribution in [0.3, 0.4) is 0 Å². The number of aromatic nitrogens is 4. The van der Waals surface area contributed by atoms with E-state index in [4.69, 9.17) is 4.52 Å². The van der Waals surface area contributed by atoms with Crippen LogP contribution in [0.15, 0.2) is 77.3 Å². The Morgan fingerprint density at radius 3 is 2.56 bits per heavy atom. The Morgan fingerprint density at radius 1 is 0.852 bits per heavy atom. The average molecular weight is 352 g/mol. The summed E-state index contributed by atoms with van der Waals surface area (Å²) in [6.07, 6.45) is 0. The smallest absolute Gasteiger partial charge is 0.276 e. The lowest BCUT2D eigenvalue weighted by Crippen LogP contribution is -1.84. The molecule has 2 aromatic heterocycles. The number of fused-ring (bicyclic) bond motifs is 1. The molecule has 130 valence electrons. The van der Waals surface area contributed by atoms with Gasteiger partial charge in [-0.3, -0.25) is 5.10 Å². The van der Waals surface area contributed by atoms with Crippen LogP contribution in [0.1, 0.15) is 5.56 Å². The summed E-state index contributed by atoms with van der Waals surface area (Å²) in [5, 5.41) is 13.9. The van der Waals surface area contributed by atoms with Gasteiger partial charge in [-0.25, -0.2) is 0 Å². The van der Waals surface area contributed by atoms with Crippen LogP contribution < -0.4 is 0 Å². The molecule has 1 N–H and O–H groups in total. The summed E-state index contributed by atoms with van der Waals surface area (Å²) >= 11 is 0. The zero-order chi connectivity index (χ0) is 18.2. The molecule has 2 heterocycles. The van der Waals surface area contributed by atoms with Crippen LogP contribution in [-0.4, -0.2) is 20.3 Å². The molecule has 5 rings (SSSR count). The van der Waals surface area contributed by atoms with E-state index in [0.717, 1.165) is 22.4 Å². The highest BCUT2D eigenvalue weighted by Gasteiger charge is 2.15. The fourth-order valence-electron chi connectivity index (χ4n) is 3.19. The number of aryl methyl sites for hydroxylation is 1. The van der Waals surface area contributed by atoms with Crippen LogP contribution in [0, 0.1) is 6.92 Å². The van der Waals surface area contributed by atoms with Crippen LogP contribution in [0.25, 0.3) is 45.0 Å². The van der Waals surface area contributed by atoms with Gasteiger partial charge in [-0.15, -0.1) is 0 Å². The summed E-state index contributed by atoms with van der Waals surface area (Å²) in [4.78, 5) is 4.52. The van der Waals surface area contributed by atoms with Crippen molar-refractivity contribution in [3.8, 4) is 34.2 Å². The number of nitrogens with zero attached hydrogens (tertiary/aromatic N) is 3. The van der Waals surface area contributed by atoms with E-state index in [9.17, 15) is 0 Å². The maximum Gasteiger partial charge on any atom is 0.276 e. The lowest BCUT2D eigenvalue weighted by Gasteiger charge is -2.00. The third-order valence-electron chi connectivity index (χ3n) is 4.67. The monoisotopic (exact) mass is 352 g/mol. The van der Waals surface area contributed by atoms with Gasteiger partial charge in [0.1, 0.15) is 5.69 Å². The normalized spacial score (nSPS) is 11.1. The molecule has 0 aliphatic carbocycles. The molecule has 5 aromatic rings. The Morgan fingerprint density at radius 2 is 1.67 bits per heavy atom. The number of nitrogens with one attached hydrogen (secondary N) is 1. The lowest BCUT2D eigenvalue weighted by atomic mass is 10.1. The molecule has 0 unspecified atom stereocenters. The van der Waals surface area contributed by atoms with Gasteiger partial charge in [-0.1, -0.05) is 65.8 Å². The second-order valence-corrected chi connectivity index (χ2v) is 6.47. The van der Waals surface area contributed by atoms with Crippen molar-refractivity contribution < 1.29 is 4.52 Å². The molecule has 0 saturated carbocycles. The van der Waals surface area contributed by atoms with E-state index in [1.807, 2.05) is 49.4 Å². The molecule has 3 aromatic carbocycles. The topological polar surface area (TPSA) is 67.6 Å². The van der Waals surface area contributed by atoms with Crippen molar-refractivity contribution in [2.24, 2.45) is 0 Å². The highest BCUT2D eigenvalue weighted by Crippen LogP contribution is 2.27. The molecule has 0 aliphatic rings. The van der Waals surface area contributed by atoms with Gasteiger partial charge in [0.05, 0.1) is 5.69 Å². The van der Waals surface area contributed by atoms with E-state index in [1.165, 1.54) is 10.8 Å². The molecule has 0 aliphatic heterocycles. The molecule has 0 saturated heterocycles. The largest absolute Gasteiger partial charge is 0.332 e. The molecule has 0 radical (unpaired) electrons. The van der Waals surface area contributed by atoms with Gasteiger partial charge >= 0.3 is 0 Å². The van der Waals surface area contributed by atoms with E-state index >= 15 is 0 Å². The van der Waals surface area contributed by atoms with E-state index in [1.54, 1.807) is 0 Å². The van der Waals surface area contributed by atoms with Crippen molar-refractivity contribution in [2.45, 2.75) is 6.92 Å². The van der Waals surface area contributed by atoms with Gasteiger partial charge in [0.15, 0.2) is 0 Å². The van der Waals surface area contributed by atoms with Gasteiger partial charge < -0.3 is 4.52 Å². The highest BCUT2D eigenvalue weighted by molar-refractivity contribution is 5.87. The molecule has 27 heavy (non-hydrogen) atoms. The summed E-state index contributed by atoms with van der Waals surface area (Å²) in [5.41, 5.74) is 4.64. The second kappa shape index (κ2) is 6.21. The summed E-state index contributed by atoms with van der Waals surface area (Å²) in [6, 6.07) is 24.5. The SMILES string of the molecule is Cc1ccccc1-c1noc(-c2cc(-c3ccc4ccccc4c3)n[nH]2)n1. The number of hydrogen-bond donors (Lipinski definition) is 1. The summed E-state index contributed by atoms with van der Waals surface area (Å²) in [6.45, 7) is 2.03. The summed E-state index contributed by atoms with van der Waals surface area (Å²) < 4.78 is 5.45. The molecule has 0 atom stereocenters. The van der Waals surface area contributed by atoms with Gasteiger partial charge in [-0.2, -0.15) is 10.1 Å². The van der Waals surface area contributed by atoms with Gasteiger partial charge in [0.25, 0.3) is 5.89 Å².